The van der Waals surface area contributed by atoms with Crippen LogP contribution < -0.4 is 0 Å². The first-order valence-corrected chi connectivity index (χ1v) is 6.61. The Morgan fingerprint density at radius 3 is 2.84 bits per heavy atom. The number of aliphatic hydroxyl groups is 1. The quantitative estimate of drug-likeness (QED) is 0.917. The van der Waals surface area contributed by atoms with E-state index in [-0.39, 0.29) is 0 Å². The lowest BCUT2D eigenvalue weighted by Crippen LogP contribution is -2.03. The second kappa shape index (κ2) is 5.10. The molecular weight excluding hydrogens is 241 g/mol. The Morgan fingerprint density at radius 1 is 1.16 bits per heavy atom. The number of aliphatic hydroxyl groups excluding tert-OH is 1. The third-order valence-electron chi connectivity index (χ3n) is 3.70. The number of aromatic nitrogens is 1. The first-order chi connectivity index (χ1) is 9.22. The van der Waals surface area contributed by atoms with Crippen molar-refractivity contribution in [2.75, 3.05) is 0 Å². The molecule has 0 spiro atoms. The first kappa shape index (κ1) is 12.3. The molecular formula is C16H16FNO. The highest BCUT2D eigenvalue weighted by molar-refractivity contribution is 5.36. The number of pyridine rings is 1. The van der Waals surface area contributed by atoms with E-state index in [0.29, 0.717) is 12.0 Å². The molecule has 0 aliphatic heterocycles. The van der Waals surface area contributed by atoms with Gasteiger partial charge in [0.2, 0.25) is 0 Å². The number of hydrogen-bond acceptors (Lipinski definition) is 2. The fourth-order valence-electron chi connectivity index (χ4n) is 2.70. The second-order valence-corrected chi connectivity index (χ2v) is 5.11. The van der Waals surface area contributed by atoms with Crippen LogP contribution in [0.15, 0.2) is 36.7 Å². The van der Waals surface area contributed by atoms with Crippen LogP contribution in [0.25, 0.3) is 0 Å². The molecule has 0 saturated heterocycles. The molecule has 1 unspecified atom stereocenters. The van der Waals surface area contributed by atoms with E-state index < -0.39 is 11.9 Å². The SMILES string of the molecule is OC(Cc1ccc2c(c1)CCC2)c1cncc(F)c1. The summed E-state index contributed by atoms with van der Waals surface area (Å²) in [5, 5.41) is 10.1. The van der Waals surface area contributed by atoms with Gasteiger partial charge in [-0.2, -0.15) is 0 Å². The van der Waals surface area contributed by atoms with Gasteiger partial charge in [0.25, 0.3) is 0 Å². The number of rotatable bonds is 3. The third-order valence-corrected chi connectivity index (χ3v) is 3.70. The molecule has 1 aromatic carbocycles. The van der Waals surface area contributed by atoms with Gasteiger partial charge in [0.15, 0.2) is 0 Å². The smallest absolute Gasteiger partial charge is 0.141 e. The van der Waals surface area contributed by atoms with E-state index in [4.69, 9.17) is 0 Å². The lowest BCUT2D eigenvalue weighted by Gasteiger charge is -2.12. The average molecular weight is 257 g/mol. The summed E-state index contributed by atoms with van der Waals surface area (Å²) < 4.78 is 13.1. The minimum absolute atomic E-state index is 0.412. The van der Waals surface area contributed by atoms with Gasteiger partial charge in [-0.1, -0.05) is 18.2 Å². The van der Waals surface area contributed by atoms with E-state index >= 15 is 0 Å². The maximum atomic E-state index is 13.1. The van der Waals surface area contributed by atoms with Crippen LogP contribution in [0.3, 0.4) is 0 Å². The van der Waals surface area contributed by atoms with E-state index in [1.54, 1.807) is 0 Å². The number of nitrogens with zero attached hydrogens (tertiary/aromatic N) is 1. The molecule has 0 radical (unpaired) electrons. The van der Waals surface area contributed by atoms with Crippen LogP contribution >= 0.6 is 0 Å². The molecule has 19 heavy (non-hydrogen) atoms. The number of halogens is 1. The standard InChI is InChI=1S/C16H16FNO/c17-15-8-14(9-18-10-15)16(19)7-11-4-5-12-2-1-3-13(12)6-11/h4-6,8-10,16,19H,1-3,7H2. The van der Waals surface area contributed by atoms with Crippen molar-refractivity contribution >= 4 is 0 Å². The number of benzene rings is 1. The van der Waals surface area contributed by atoms with Gasteiger partial charge < -0.3 is 5.11 Å². The van der Waals surface area contributed by atoms with E-state index in [0.717, 1.165) is 24.6 Å². The van der Waals surface area contributed by atoms with Gasteiger partial charge in [-0.25, -0.2) is 4.39 Å². The van der Waals surface area contributed by atoms with Gasteiger partial charge in [0.1, 0.15) is 5.82 Å². The normalized spacial score (nSPS) is 15.3. The summed E-state index contributed by atoms with van der Waals surface area (Å²) in [7, 11) is 0. The first-order valence-electron chi connectivity index (χ1n) is 6.61. The summed E-state index contributed by atoms with van der Waals surface area (Å²) in [6.45, 7) is 0. The Kier molecular flexibility index (Phi) is 3.30. The molecule has 98 valence electrons. The maximum Gasteiger partial charge on any atom is 0.141 e. The topological polar surface area (TPSA) is 33.1 Å². The van der Waals surface area contributed by atoms with Gasteiger partial charge in [0.05, 0.1) is 12.3 Å². The monoisotopic (exact) mass is 257 g/mol. The van der Waals surface area contributed by atoms with Crippen LogP contribution in [-0.2, 0) is 19.3 Å². The van der Waals surface area contributed by atoms with Gasteiger partial charge >= 0.3 is 0 Å². The van der Waals surface area contributed by atoms with Crippen molar-refractivity contribution in [3.8, 4) is 0 Å². The zero-order valence-corrected chi connectivity index (χ0v) is 10.6. The lowest BCUT2D eigenvalue weighted by molar-refractivity contribution is 0.177. The highest BCUT2D eigenvalue weighted by Gasteiger charge is 2.14. The lowest BCUT2D eigenvalue weighted by atomic mass is 9.99. The summed E-state index contributed by atoms with van der Waals surface area (Å²) >= 11 is 0. The molecule has 1 N–H and O–H groups in total. The largest absolute Gasteiger partial charge is 0.388 e. The van der Waals surface area contributed by atoms with Crippen LogP contribution in [0, 0.1) is 5.82 Å². The Balaban J connectivity index is 1.77. The van der Waals surface area contributed by atoms with Gasteiger partial charge in [-0.3, -0.25) is 4.98 Å². The zero-order valence-electron chi connectivity index (χ0n) is 10.6. The summed E-state index contributed by atoms with van der Waals surface area (Å²) in [6.07, 6.45) is 5.95. The maximum absolute atomic E-state index is 13.1. The van der Waals surface area contributed by atoms with Crippen molar-refractivity contribution in [3.05, 3.63) is 64.7 Å². The summed E-state index contributed by atoms with van der Waals surface area (Å²) in [6, 6.07) is 7.71. The van der Waals surface area contributed by atoms with Crippen LogP contribution in [0.2, 0.25) is 0 Å². The fourth-order valence-corrected chi connectivity index (χ4v) is 2.70. The van der Waals surface area contributed by atoms with Crippen molar-refractivity contribution in [3.63, 3.8) is 0 Å². The molecule has 1 heterocycles. The molecule has 0 saturated carbocycles. The highest BCUT2D eigenvalue weighted by atomic mass is 19.1. The summed E-state index contributed by atoms with van der Waals surface area (Å²) in [5.74, 6) is -0.412. The molecule has 1 atom stereocenters. The molecule has 1 aliphatic carbocycles. The molecule has 2 aromatic rings. The van der Waals surface area contributed by atoms with E-state index in [1.165, 1.54) is 29.8 Å². The number of fused-ring (bicyclic) bond motifs is 1. The van der Waals surface area contributed by atoms with E-state index in [2.05, 4.69) is 23.2 Å². The van der Waals surface area contributed by atoms with E-state index in [9.17, 15) is 9.50 Å². The Bertz CT molecular complexity index is 597. The summed E-state index contributed by atoms with van der Waals surface area (Å²) in [5.41, 5.74) is 4.44. The molecule has 3 heteroatoms. The van der Waals surface area contributed by atoms with Crippen molar-refractivity contribution in [2.24, 2.45) is 0 Å². The Hall–Kier alpha value is -1.74. The highest BCUT2D eigenvalue weighted by Crippen LogP contribution is 2.25. The predicted octanol–water partition coefficient (Wildman–Crippen LogP) is 2.99. The molecule has 0 amide bonds. The van der Waals surface area contributed by atoms with Crippen molar-refractivity contribution in [1.29, 1.82) is 0 Å². The summed E-state index contributed by atoms with van der Waals surface area (Å²) in [4.78, 5) is 3.77. The van der Waals surface area contributed by atoms with Crippen molar-refractivity contribution in [2.45, 2.75) is 31.8 Å². The third kappa shape index (κ3) is 2.66. The number of hydrogen-bond donors (Lipinski definition) is 1. The molecule has 3 rings (SSSR count). The molecule has 0 fully saturated rings. The van der Waals surface area contributed by atoms with Crippen molar-refractivity contribution < 1.29 is 9.50 Å². The molecule has 1 aliphatic rings. The zero-order chi connectivity index (χ0) is 13.2. The Labute approximate surface area is 111 Å². The minimum atomic E-state index is -0.706. The average Bonchev–Trinajstić information content (AvgIpc) is 2.86. The van der Waals surface area contributed by atoms with E-state index in [1.807, 2.05) is 0 Å². The van der Waals surface area contributed by atoms with Crippen molar-refractivity contribution in [1.82, 2.24) is 4.98 Å². The van der Waals surface area contributed by atoms with Crippen LogP contribution in [0.4, 0.5) is 4.39 Å². The minimum Gasteiger partial charge on any atom is -0.388 e. The Morgan fingerprint density at radius 2 is 2.00 bits per heavy atom. The van der Waals surface area contributed by atoms with Crippen LogP contribution in [0.5, 0.6) is 0 Å². The molecule has 1 aromatic heterocycles. The van der Waals surface area contributed by atoms with Gasteiger partial charge in [-0.15, -0.1) is 0 Å². The molecule has 2 nitrogen and oxygen atoms in total. The predicted molar refractivity (Wildman–Crippen MR) is 71.3 cm³/mol. The fraction of sp³-hybridized carbons (Fsp3) is 0.312. The van der Waals surface area contributed by atoms with Gasteiger partial charge in [-0.05, 0) is 42.0 Å². The van der Waals surface area contributed by atoms with Gasteiger partial charge in [0, 0.05) is 18.2 Å². The number of aryl methyl sites for hydroxylation is 2. The van der Waals surface area contributed by atoms with Crippen LogP contribution in [-0.4, -0.2) is 10.1 Å². The van der Waals surface area contributed by atoms with Crippen LogP contribution in [0.1, 0.15) is 34.8 Å². The molecule has 0 bridgehead atoms. The second-order valence-electron chi connectivity index (χ2n) is 5.11.